The van der Waals surface area contributed by atoms with Crippen LogP contribution in [0.4, 0.5) is 15.8 Å². The molecule has 116 valence electrons. The topological polar surface area (TPSA) is 15.3 Å². The summed E-state index contributed by atoms with van der Waals surface area (Å²) in [6.45, 7) is 2.40. The van der Waals surface area contributed by atoms with Crippen molar-refractivity contribution < 1.29 is 4.39 Å². The third kappa shape index (κ3) is 2.49. The van der Waals surface area contributed by atoms with Crippen LogP contribution in [0.1, 0.15) is 12.5 Å². The molecule has 1 N–H and O–H groups in total. The molecule has 1 aliphatic heterocycles. The van der Waals surface area contributed by atoms with Crippen molar-refractivity contribution in [3.8, 4) is 11.7 Å². The summed E-state index contributed by atoms with van der Waals surface area (Å²) >= 11 is 0. The number of hydrogen-bond donors (Lipinski definition) is 1. The Bertz CT molecular complexity index is 952. The molecule has 4 heteroatoms. The highest BCUT2D eigenvalue weighted by Gasteiger charge is 2.30. The summed E-state index contributed by atoms with van der Waals surface area (Å²) in [5.41, 5.74) is 3.31. The van der Waals surface area contributed by atoms with Crippen LogP contribution in [-0.2, 0) is 6.54 Å². The van der Waals surface area contributed by atoms with E-state index < -0.39 is 0 Å². The Labute approximate surface area is 141 Å². The number of anilines is 2. The predicted molar refractivity (Wildman–Crippen MR) is 99.4 cm³/mol. The van der Waals surface area contributed by atoms with Crippen LogP contribution in [-0.4, -0.2) is 6.98 Å². The number of nitrogens with zero attached hydrogens (tertiary/aromatic N) is 1. The van der Waals surface area contributed by atoms with Gasteiger partial charge in [0.2, 0.25) is 0 Å². The van der Waals surface area contributed by atoms with Gasteiger partial charge in [-0.2, -0.15) is 0 Å². The monoisotopic (exact) mass is 314 g/mol. The van der Waals surface area contributed by atoms with E-state index in [9.17, 15) is 4.39 Å². The Morgan fingerprint density at radius 1 is 1.04 bits per heavy atom. The van der Waals surface area contributed by atoms with Gasteiger partial charge in [-0.25, -0.2) is 4.39 Å². The van der Waals surface area contributed by atoms with Gasteiger partial charge in [0.15, 0.2) is 0 Å². The Hall–Kier alpha value is -2.93. The van der Waals surface area contributed by atoms with Crippen molar-refractivity contribution in [2.24, 2.45) is 0 Å². The van der Waals surface area contributed by atoms with Crippen molar-refractivity contribution in [1.29, 1.82) is 0 Å². The second-order valence-corrected chi connectivity index (χ2v) is 5.88. The van der Waals surface area contributed by atoms with Gasteiger partial charge >= 0.3 is 6.98 Å². The van der Waals surface area contributed by atoms with E-state index in [0.29, 0.717) is 6.54 Å². The molecule has 0 radical (unpaired) electrons. The minimum Gasteiger partial charge on any atom is -0.398 e. The van der Waals surface area contributed by atoms with E-state index in [0.717, 1.165) is 16.9 Å². The molecule has 3 aromatic carbocycles. The lowest BCUT2D eigenvalue weighted by atomic mass is 9.71. The number of hydrogen-bond acceptors (Lipinski definition) is 2. The molecule has 0 saturated carbocycles. The molecule has 0 amide bonds. The van der Waals surface area contributed by atoms with Crippen LogP contribution in [0.2, 0.25) is 0 Å². The van der Waals surface area contributed by atoms with Crippen LogP contribution >= 0.6 is 0 Å². The van der Waals surface area contributed by atoms with Gasteiger partial charge in [0.05, 0.1) is 0 Å². The molecule has 1 heterocycles. The SMILES string of the molecule is CC#CB1Nc2cccc3cccc(c23)N1Cc1ccc(F)cc1. The van der Waals surface area contributed by atoms with Crippen molar-refractivity contribution in [2.75, 3.05) is 10.0 Å². The van der Waals surface area contributed by atoms with Crippen LogP contribution in [0.5, 0.6) is 0 Å². The zero-order valence-electron chi connectivity index (χ0n) is 13.4. The van der Waals surface area contributed by atoms with Gasteiger partial charge < -0.3 is 10.0 Å². The summed E-state index contributed by atoms with van der Waals surface area (Å²) in [5, 5.41) is 5.93. The lowest BCUT2D eigenvalue weighted by molar-refractivity contribution is 0.627. The summed E-state index contributed by atoms with van der Waals surface area (Å²) in [6, 6.07) is 19.2. The van der Waals surface area contributed by atoms with Crippen molar-refractivity contribution in [2.45, 2.75) is 13.5 Å². The molecule has 4 rings (SSSR count). The van der Waals surface area contributed by atoms with Crippen molar-refractivity contribution >= 4 is 29.1 Å². The van der Waals surface area contributed by atoms with Crippen LogP contribution in [0, 0.1) is 17.6 Å². The summed E-state index contributed by atoms with van der Waals surface area (Å²) in [4.78, 5) is 2.24. The van der Waals surface area contributed by atoms with Gasteiger partial charge in [-0.1, -0.05) is 42.2 Å². The molecule has 24 heavy (non-hydrogen) atoms. The average molecular weight is 314 g/mol. The molecule has 0 atom stereocenters. The van der Waals surface area contributed by atoms with Gasteiger partial charge in [-0.15, -0.1) is 5.92 Å². The van der Waals surface area contributed by atoms with Crippen LogP contribution in [0.15, 0.2) is 60.7 Å². The lowest BCUT2D eigenvalue weighted by Crippen LogP contribution is -2.47. The largest absolute Gasteiger partial charge is 0.463 e. The third-order valence-electron chi connectivity index (χ3n) is 4.34. The van der Waals surface area contributed by atoms with E-state index in [4.69, 9.17) is 0 Å². The Morgan fingerprint density at radius 2 is 1.79 bits per heavy atom. The first kappa shape index (κ1) is 14.7. The Kier molecular flexibility index (Phi) is 3.63. The Morgan fingerprint density at radius 3 is 2.54 bits per heavy atom. The fourth-order valence-corrected chi connectivity index (χ4v) is 3.26. The third-order valence-corrected chi connectivity index (χ3v) is 4.34. The normalized spacial score (nSPS) is 12.6. The molecular formula is C20H16BFN2. The van der Waals surface area contributed by atoms with Gasteiger partial charge in [-0.3, -0.25) is 0 Å². The zero-order chi connectivity index (χ0) is 16.5. The van der Waals surface area contributed by atoms with Crippen LogP contribution < -0.4 is 10.0 Å². The Balaban J connectivity index is 1.83. The molecule has 0 bridgehead atoms. The first-order valence-corrected chi connectivity index (χ1v) is 7.98. The average Bonchev–Trinajstić information content (AvgIpc) is 2.60. The highest BCUT2D eigenvalue weighted by atomic mass is 19.1. The van der Waals surface area contributed by atoms with Crippen LogP contribution in [0.25, 0.3) is 10.8 Å². The predicted octanol–water partition coefficient (Wildman–Crippen LogP) is 4.46. The smallest absolute Gasteiger partial charge is 0.398 e. The molecule has 0 spiro atoms. The maximum Gasteiger partial charge on any atom is 0.463 e. The second kappa shape index (κ2) is 5.94. The lowest BCUT2D eigenvalue weighted by Gasteiger charge is -2.35. The fraction of sp³-hybridized carbons (Fsp3) is 0.100. The molecule has 0 aliphatic carbocycles. The van der Waals surface area contributed by atoms with Gasteiger partial charge in [0.1, 0.15) is 5.82 Å². The van der Waals surface area contributed by atoms with Crippen molar-refractivity contribution in [1.82, 2.24) is 0 Å². The highest BCUT2D eigenvalue weighted by Crippen LogP contribution is 2.37. The van der Waals surface area contributed by atoms with Gasteiger partial charge in [0.25, 0.3) is 0 Å². The number of nitrogens with one attached hydrogen (secondary N) is 1. The highest BCUT2D eigenvalue weighted by molar-refractivity contribution is 6.75. The summed E-state index contributed by atoms with van der Waals surface area (Å²) in [7, 11) is 0. The van der Waals surface area contributed by atoms with E-state index in [-0.39, 0.29) is 12.8 Å². The van der Waals surface area contributed by atoms with Crippen molar-refractivity contribution in [3.63, 3.8) is 0 Å². The summed E-state index contributed by atoms with van der Waals surface area (Å²) in [6.07, 6.45) is 0. The van der Waals surface area contributed by atoms with E-state index in [1.807, 2.05) is 19.1 Å². The van der Waals surface area contributed by atoms with E-state index in [1.165, 1.54) is 22.9 Å². The maximum absolute atomic E-state index is 13.2. The van der Waals surface area contributed by atoms with Crippen LogP contribution in [0.3, 0.4) is 0 Å². The molecular weight excluding hydrogens is 298 g/mol. The molecule has 2 nitrogen and oxygen atoms in total. The molecule has 0 unspecified atom stereocenters. The number of rotatable bonds is 2. The minimum absolute atomic E-state index is 0.111. The van der Waals surface area contributed by atoms with Gasteiger partial charge in [-0.05, 0) is 42.1 Å². The number of halogens is 1. The molecule has 3 aromatic rings. The van der Waals surface area contributed by atoms with Crippen molar-refractivity contribution in [3.05, 3.63) is 72.0 Å². The minimum atomic E-state index is -0.215. The second-order valence-electron chi connectivity index (χ2n) is 5.88. The first-order valence-electron chi connectivity index (χ1n) is 7.98. The first-order chi connectivity index (χ1) is 11.8. The van der Waals surface area contributed by atoms with E-state index >= 15 is 0 Å². The van der Waals surface area contributed by atoms with E-state index in [2.05, 4.69) is 58.2 Å². The molecule has 1 aliphatic rings. The van der Waals surface area contributed by atoms with E-state index in [1.54, 1.807) is 0 Å². The summed E-state index contributed by atoms with van der Waals surface area (Å²) < 4.78 is 13.2. The summed E-state index contributed by atoms with van der Waals surface area (Å²) in [5.74, 6) is 6.04. The maximum atomic E-state index is 13.2. The number of benzene rings is 3. The fourth-order valence-electron chi connectivity index (χ4n) is 3.26. The standard InChI is InChI=1S/C20H16BFN2/c1-2-13-21-23-18-7-3-5-16-6-4-8-19(20(16)18)24(21)14-15-9-11-17(22)12-10-15/h3-12,23H,14H2,1H3. The molecule has 0 aromatic heterocycles. The quantitative estimate of drug-likeness (QED) is 0.555. The zero-order valence-corrected chi connectivity index (χ0v) is 13.4. The van der Waals surface area contributed by atoms with Gasteiger partial charge in [0, 0.05) is 23.3 Å². The molecule has 0 saturated heterocycles. The molecule has 0 fully saturated rings.